The Morgan fingerprint density at radius 3 is 1.01 bits per heavy atom. The molecule has 114 heavy (non-hydrogen) atoms. The van der Waals surface area contributed by atoms with E-state index in [-0.39, 0.29) is 83.0 Å². The van der Waals surface area contributed by atoms with Crippen LogP contribution in [0.4, 0.5) is 0 Å². The van der Waals surface area contributed by atoms with Gasteiger partial charge in [0.2, 0.25) is 0 Å². The minimum atomic E-state index is -0.500. The Morgan fingerprint density at radius 1 is 0.404 bits per heavy atom. The van der Waals surface area contributed by atoms with Crippen molar-refractivity contribution in [1.82, 2.24) is 0 Å². The van der Waals surface area contributed by atoms with Gasteiger partial charge in [-0.2, -0.15) is 10.5 Å². The number of hydrogen-bond acceptors (Lipinski definition) is 15. The molecule has 1 aliphatic heterocycles. The Hall–Kier alpha value is -2.12. The maximum Gasteiger partial charge on any atom is 0.139 e. The van der Waals surface area contributed by atoms with Gasteiger partial charge in [0.15, 0.2) is 0 Å². The van der Waals surface area contributed by atoms with Gasteiger partial charge in [0.25, 0.3) is 0 Å². The first-order chi connectivity index (χ1) is 53.6. The van der Waals surface area contributed by atoms with Crippen molar-refractivity contribution < 1.29 is 63.5 Å². The predicted octanol–water partition coefficient (Wildman–Crippen LogP) is 20.3. The summed E-state index contributed by atoms with van der Waals surface area (Å²) in [6.07, 6.45) is 41.7. The molecule has 34 atom stereocenters. The van der Waals surface area contributed by atoms with Crippen molar-refractivity contribution in [2.24, 2.45) is 150 Å². The molecule has 15 heteroatoms. The molecule has 1 saturated heterocycles. The smallest absolute Gasteiger partial charge is 0.139 e. The fraction of sp³-hybridized carbons (Fsp3) is 0.960. The fourth-order valence-corrected chi connectivity index (χ4v) is 30.7. The van der Waals surface area contributed by atoms with Crippen molar-refractivity contribution in [2.75, 3.05) is 53.9 Å². The van der Waals surface area contributed by atoms with E-state index >= 15 is 0 Å². The zero-order valence-corrected chi connectivity index (χ0v) is 74.6. The van der Waals surface area contributed by atoms with Crippen LogP contribution in [0.25, 0.3) is 0 Å². The summed E-state index contributed by atoms with van der Waals surface area (Å²) in [6, 6.07) is 5.30. The molecule has 0 spiro atoms. The van der Waals surface area contributed by atoms with E-state index in [9.17, 15) is 35.4 Å². The number of nitrogens with zero attached hydrogens (tertiary/aromatic N) is 2. The number of ether oxygens (including phenoxy) is 6. The van der Waals surface area contributed by atoms with Gasteiger partial charge in [-0.1, -0.05) is 90.5 Å². The summed E-state index contributed by atoms with van der Waals surface area (Å²) >= 11 is 0. The highest BCUT2D eigenvalue weighted by atomic mass is 16.6. The first kappa shape index (κ1) is 94.1. The summed E-state index contributed by atoms with van der Waals surface area (Å²) in [4.78, 5) is 24.9. The van der Waals surface area contributed by atoms with Gasteiger partial charge in [-0.15, -0.1) is 0 Å². The summed E-state index contributed by atoms with van der Waals surface area (Å²) in [6.45, 7) is 37.0. The van der Waals surface area contributed by atoms with Gasteiger partial charge in [-0.25, -0.2) is 0 Å². The molecule has 17 rings (SSSR count). The molecule has 0 aromatic heterocycles. The largest absolute Gasteiger partial charge is 0.396 e. The number of Topliss-reactive ketones (excluding diaryl/α,β-unsaturated/α-hetero) is 2. The Kier molecular flexibility index (Phi) is 32.0. The lowest BCUT2D eigenvalue weighted by atomic mass is 9.44. The number of rotatable bonds is 13. The molecule has 0 bridgehead atoms. The third kappa shape index (κ3) is 18.7. The van der Waals surface area contributed by atoms with Gasteiger partial charge in [-0.3, -0.25) is 9.59 Å². The van der Waals surface area contributed by atoms with Crippen molar-refractivity contribution in [3.63, 3.8) is 0 Å². The number of nitriles is 2. The lowest BCUT2D eigenvalue weighted by Crippen LogP contribution is -2.57. The highest BCUT2D eigenvalue weighted by Gasteiger charge is 2.67. The van der Waals surface area contributed by atoms with Crippen LogP contribution >= 0.6 is 0 Å². The maximum atomic E-state index is 12.5. The molecular formula is C99H170N2O13. The quantitative estimate of drug-likeness (QED) is 0.0851. The van der Waals surface area contributed by atoms with Crippen LogP contribution in [0.1, 0.15) is 342 Å². The Bertz CT molecular complexity index is 3050. The second kappa shape index (κ2) is 38.7. The molecule has 0 amide bonds. The van der Waals surface area contributed by atoms with E-state index in [1.165, 1.54) is 122 Å². The van der Waals surface area contributed by atoms with E-state index in [0.717, 1.165) is 188 Å². The molecule has 654 valence electrons. The number of methoxy groups -OCH3 is 2. The van der Waals surface area contributed by atoms with Crippen molar-refractivity contribution >= 4 is 11.6 Å². The topological polar surface area (TPSA) is 242 Å². The van der Waals surface area contributed by atoms with Gasteiger partial charge >= 0.3 is 0 Å². The average molecular weight is 1600 g/mol. The number of epoxide rings is 1. The molecule has 15 nitrogen and oxygen atoms in total. The molecule has 0 aromatic carbocycles. The number of fused-ring (bicyclic) bond motifs is 21. The van der Waals surface area contributed by atoms with Crippen LogP contribution in [0.3, 0.4) is 0 Å². The first-order valence-electron chi connectivity index (χ1n) is 47.3. The number of carbonyl (C=O) groups is 2. The normalized spacial score (nSPS) is 48.4. The van der Waals surface area contributed by atoms with Gasteiger partial charge in [0.05, 0.1) is 91.6 Å². The minimum Gasteiger partial charge on any atom is -0.396 e. The van der Waals surface area contributed by atoms with E-state index in [4.69, 9.17) is 29.2 Å². The second-order valence-corrected chi connectivity index (χ2v) is 43.9. The van der Waals surface area contributed by atoms with Gasteiger partial charge in [-0.05, 0) is 366 Å². The van der Waals surface area contributed by atoms with E-state index < -0.39 is 5.60 Å². The molecule has 16 saturated carbocycles. The molecule has 5 N–H and O–H groups in total. The number of ketones is 2. The van der Waals surface area contributed by atoms with E-state index in [0.29, 0.717) is 95.3 Å². The van der Waals surface area contributed by atoms with Crippen LogP contribution in [0.2, 0.25) is 0 Å². The predicted molar refractivity (Wildman–Crippen MR) is 453 cm³/mol. The zero-order chi connectivity index (χ0) is 82.0. The maximum absolute atomic E-state index is 12.5. The Morgan fingerprint density at radius 2 is 0.702 bits per heavy atom. The van der Waals surface area contributed by atoms with Crippen molar-refractivity contribution in [3.8, 4) is 12.1 Å². The van der Waals surface area contributed by atoms with Crippen LogP contribution in [-0.2, 0) is 38.0 Å². The van der Waals surface area contributed by atoms with E-state index in [1.54, 1.807) is 35.0 Å². The number of carbonyl (C=O) groups excluding carboxylic acids is 2. The lowest BCUT2D eigenvalue weighted by molar-refractivity contribution is -0.171. The molecule has 17 fully saturated rings. The third-order valence-corrected chi connectivity index (χ3v) is 36.9. The minimum absolute atomic E-state index is 0. The number of aliphatic hydroxyl groups is 5. The SMILES string of the molecule is C.CC(C)(C)O.CCCO.CCCO[C@H]1C[C@@]2(C)[C@@H](CC[C@@H]3[C@@H]2CC[C@]2(C)C(=O)CC[C@@H]32)C[C@@H]1O.CCCO[C@H]1C[C@@]2(C)[C@@H](CC[C@@H]3[C@@H]2CC[C@]2(C)[C@@H](C#N)CC[C@@H]32)C[C@@H]1O.CCCO[C@H]1C[C@@]2(C)[C@@H](CC[C@@H]3[C@@H]2CC[C@]2(C)[C@H](C#N)CC[C@@H]32)C[C@@H]1O.COCCOC.C[C@]12C[C@H]3O[C@H]3C[C@@H]1CC[C@@H]1[C@@H]2CC[C@]2(C)C(=O)CC[C@@H]12. The standard InChI is InChI=1S/2C23H37NO2.C22H36O3.C19H28O2.C4H10O2.C4H10O.C3H8O.CH4/c2*1-4-11-26-21-13-23(3)15(12-20(21)25)5-7-17-18-8-6-16(14-24)22(18,2)10-9-19(17)23;1-4-11-25-19-13-22(3)14(12-18(19)23)5-6-15-16-7-8-20(24)21(16,2)10-9-17(15)22;1-18-8-7-14-12(13(18)5-6-17(18)20)4-3-11-9-15-16(21-15)10-19(11,14)2;1-5-3-4-6-2;1-4(2,3)5;1-2-3-4;/h2*15-21,25H,4-13H2,1-3H3;14-19,23H,4-13H2,1-3H3;11-16H,3-10H2,1-2H3;3-4H2,1-2H3;5H,1-3H3;4H,2-3H2,1H3;1H4/t15-,16+,17-,18-,19-,20-,21-,22+,23-;15-,16-,17-,18-,19-,20-,21-,22+,23-;14-,15-,16-,17-,18-,19-,21-,22-;11-,12-,13-,14-,15-,16+,18-,19-;;;;/m0000..../s1. The van der Waals surface area contributed by atoms with E-state index in [1.807, 2.05) is 6.92 Å². The highest BCUT2D eigenvalue weighted by molar-refractivity contribution is 5.87. The lowest BCUT2D eigenvalue weighted by Gasteiger charge is -2.61. The van der Waals surface area contributed by atoms with Gasteiger partial charge in [0.1, 0.15) is 11.6 Å². The molecule has 17 aliphatic rings. The molecular weight excluding hydrogens is 1430 g/mol. The molecule has 1 heterocycles. The summed E-state index contributed by atoms with van der Waals surface area (Å²) in [5, 5.41) is 67.6. The van der Waals surface area contributed by atoms with Crippen LogP contribution < -0.4 is 0 Å². The summed E-state index contributed by atoms with van der Waals surface area (Å²) in [5.41, 5.74) is 1.44. The molecule has 0 aromatic rings. The molecule has 0 unspecified atom stereocenters. The first-order valence-corrected chi connectivity index (χ1v) is 47.3. The zero-order valence-electron chi connectivity index (χ0n) is 74.6. The Labute approximate surface area is 694 Å². The van der Waals surface area contributed by atoms with Crippen LogP contribution in [-0.4, -0.2) is 145 Å². The monoisotopic (exact) mass is 1600 g/mol. The van der Waals surface area contributed by atoms with Crippen molar-refractivity contribution in [2.45, 2.75) is 397 Å². The number of hydrogen-bond donors (Lipinski definition) is 5. The van der Waals surface area contributed by atoms with Crippen LogP contribution in [0.5, 0.6) is 0 Å². The average Bonchev–Trinajstić information content (AvgIpc) is 1.46. The van der Waals surface area contributed by atoms with Crippen LogP contribution in [0, 0.1) is 173 Å². The second-order valence-electron chi connectivity index (χ2n) is 43.9. The summed E-state index contributed by atoms with van der Waals surface area (Å²) < 4.78 is 33.4. The van der Waals surface area contributed by atoms with Gasteiger partial charge < -0.3 is 54.0 Å². The van der Waals surface area contributed by atoms with Crippen LogP contribution in [0.15, 0.2) is 0 Å². The Balaban J connectivity index is 0.000000151. The van der Waals surface area contributed by atoms with E-state index in [2.05, 4.69) is 97.8 Å². The van der Waals surface area contributed by atoms with Crippen molar-refractivity contribution in [3.05, 3.63) is 0 Å². The highest BCUT2D eigenvalue weighted by Crippen LogP contribution is 2.72. The summed E-state index contributed by atoms with van der Waals surface area (Å²) in [5.74, 6) is 13.5. The van der Waals surface area contributed by atoms with Gasteiger partial charge in [0, 0.05) is 64.3 Å². The molecule has 0 radical (unpaired) electrons. The van der Waals surface area contributed by atoms with Crippen molar-refractivity contribution in [1.29, 1.82) is 10.5 Å². The summed E-state index contributed by atoms with van der Waals surface area (Å²) in [7, 11) is 3.30. The molecule has 16 aliphatic carbocycles. The fourth-order valence-electron chi connectivity index (χ4n) is 30.7. The third-order valence-electron chi connectivity index (χ3n) is 36.9. The number of aliphatic hydroxyl groups excluding tert-OH is 4.